The lowest BCUT2D eigenvalue weighted by Gasteiger charge is -2.09. The molecule has 0 unspecified atom stereocenters. The molecule has 0 aliphatic rings. The van der Waals surface area contributed by atoms with Gasteiger partial charge in [0, 0.05) is 17.4 Å². The summed E-state index contributed by atoms with van der Waals surface area (Å²) in [5, 5.41) is 11.7. The number of hydrogen-bond acceptors (Lipinski definition) is 4. The highest BCUT2D eigenvalue weighted by Crippen LogP contribution is 2.20. The lowest BCUT2D eigenvalue weighted by Crippen LogP contribution is -2.02. The van der Waals surface area contributed by atoms with Crippen LogP contribution < -0.4 is 5.32 Å². The van der Waals surface area contributed by atoms with Crippen molar-refractivity contribution in [3.8, 4) is 0 Å². The van der Waals surface area contributed by atoms with Crippen LogP contribution >= 0.6 is 0 Å². The summed E-state index contributed by atoms with van der Waals surface area (Å²) in [6, 6.07) is 5.60. The Bertz CT molecular complexity index is 644. The van der Waals surface area contributed by atoms with Gasteiger partial charge in [-0.05, 0) is 24.1 Å². The van der Waals surface area contributed by atoms with Crippen LogP contribution in [0.1, 0.15) is 35.8 Å². The summed E-state index contributed by atoms with van der Waals surface area (Å²) in [4.78, 5) is 18.9. The number of carbonyl (C=O) groups is 1. The van der Waals surface area contributed by atoms with Crippen molar-refractivity contribution in [3.63, 3.8) is 0 Å². The van der Waals surface area contributed by atoms with Crippen molar-refractivity contribution in [2.75, 3.05) is 5.32 Å². The highest BCUT2D eigenvalue weighted by Gasteiger charge is 2.11. The molecule has 0 aliphatic carbocycles. The smallest absolute Gasteiger partial charge is 0.338 e. The minimum atomic E-state index is -1.29. The second-order valence-electron chi connectivity index (χ2n) is 4.61. The highest BCUT2D eigenvalue weighted by molar-refractivity contribution is 5.88. The lowest BCUT2D eigenvalue weighted by molar-refractivity contribution is 0.0692. The average Bonchev–Trinajstić information content (AvgIpc) is 2.38. The number of carboxylic acids is 1. The van der Waals surface area contributed by atoms with Crippen LogP contribution in [0, 0.1) is 5.82 Å². The highest BCUT2D eigenvalue weighted by atomic mass is 19.1. The van der Waals surface area contributed by atoms with E-state index in [-0.39, 0.29) is 11.5 Å². The number of anilines is 2. The molecule has 0 bridgehead atoms. The van der Waals surface area contributed by atoms with Gasteiger partial charge in [0.05, 0.1) is 5.56 Å². The van der Waals surface area contributed by atoms with Gasteiger partial charge < -0.3 is 10.4 Å². The molecular weight excluding hydrogens is 261 g/mol. The number of carboxylic acid groups (broad SMARTS) is 1. The number of hydrogen-bond donors (Lipinski definition) is 2. The Hall–Kier alpha value is -2.50. The zero-order valence-electron chi connectivity index (χ0n) is 11.1. The van der Waals surface area contributed by atoms with Crippen molar-refractivity contribution >= 4 is 17.5 Å². The van der Waals surface area contributed by atoms with Crippen molar-refractivity contribution in [2.24, 2.45) is 0 Å². The monoisotopic (exact) mass is 275 g/mol. The van der Waals surface area contributed by atoms with Gasteiger partial charge in [-0.3, -0.25) is 0 Å². The maximum absolute atomic E-state index is 13.6. The van der Waals surface area contributed by atoms with Gasteiger partial charge in [0.25, 0.3) is 0 Å². The number of aromatic carboxylic acids is 1. The van der Waals surface area contributed by atoms with E-state index in [9.17, 15) is 9.18 Å². The minimum Gasteiger partial charge on any atom is -0.478 e. The molecule has 1 aromatic heterocycles. The minimum absolute atomic E-state index is 0.254. The first-order chi connectivity index (χ1) is 9.47. The molecule has 1 aromatic carbocycles. The molecule has 20 heavy (non-hydrogen) atoms. The van der Waals surface area contributed by atoms with E-state index in [1.807, 2.05) is 13.8 Å². The van der Waals surface area contributed by atoms with Crippen LogP contribution in [-0.4, -0.2) is 21.0 Å². The van der Waals surface area contributed by atoms with E-state index in [1.165, 1.54) is 18.5 Å². The zero-order chi connectivity index (χ0) is 14.7. The Labute approximate surface area is 115 Å². The molecule has 0 fully saturated rings. The second kappa shape index (κ2) is 5.64. The summed E-state index contributed by atoms with van der Waals surface area (Å²) < 4.78 is 13.6. The Kier molecular flexibility index (Phi) is 3.93. The molecule has 0 radical (unpaired) electrons. The maximum atomic E-state index is 13.6. The fourth-order valence-corrected chi connectivity index (χ4v) is 1.67. The molecule has 0 atom stereocenters. The average molecular weight is 275 g/mol. The van der Waals surface area contributed by atoms with E-state index in [2.05, 4.69) is 15.3 Å². The molecule has 5 nitrogen and oxygen atoms in total. The van der Waals surface area contributed by atoms with Crippen LogP contribution in [0.25, 0.3) is 0 Å². The number of nitrogens with zero attached hydrogens (tertiary/aromatic N) is 2. The van der Waals surface area contributed by atoms with E-state index >= 15 is 0 Å². The largest absolute Gasteiger partial charge is 0.478 e. The van der Waals surface area contributed by atoms with Crippen LogP contribution in [0.2, 0.25) is 0 Å². The number of benzene rings is 1. The molecule has 0 aliphatic heterocycles. The van der Waals surface area contributed by atoms with Gasteiger partial charge in [-0.1, -0.05) is 13.8 Å². The first-order valence-electron chi connectivity index (χ1n) is 6.09. The molecule has 6 heteroatoms. The van der Waals surface area contributed by atoms with E-state index in [0.717, 1.165) is 11.8 Å². The molecule has 104 valence electrons. The second-order valence-corrected chi connectivity index (χ2v) is 4.61. The van der Waals surface area contributed by atoms with Crippen molar-refractivity contribution in [3.05, 3.63) is 47.7 Å². The third kappa shape index (κ3) is 3.09. The Morgan fingerprint density at radius 3 is 2.65 bits per heavy atom. The molecule has 0 amide bonds. The first-order valence-corrected chi connectivity index (χ1v) is 6.09. The van der Waals surface area contributed by atoms with E-state index in [0.29, 0.717) is 11.5 Å². The molecule has 0 spiro atoms. The Balaban J connectivity index is 2.24. The molecule has 2 rings (SSSR count). The zero-order valence-corrected chi connectivity index (χ0v) is 11.1. The maximum Gasteiger partial charge on any atom is 0.338 e. The number of rotatable bonds is 4. The fourth-order valence-electron chi connectivity index (χ4n) is 1.67. The predicted molar refractivity (Wildman–Crippen MR) is 72.8 cm³/mol. The van der Waals surface area contributed by atoms with Gasteiger partial charge >= 0.3 is 5.97 Å². The standard InChI is InChI=1S/C14H14FN3O2/c1-8(2)12-6-13(17-7-16-12)18-9-3-4-10(14(19)20)11(15)5-9/h3-8H,1-2H3,(H,19,20)(H,16,17,18). The predicted octanol–water partition coefficient (Wildman–Crippen LogP) is 3.18. The molecule has 2 N–H and O–H groups in total. The van der Waals surface area contributed by atoms with Crippen molar-refractivity contribution < 1.29 is 14.3 Å². The van der Waals surface area contributed by atoms with Gasteiger partial charge in [-0.25, -0.2) is 19.2 Å². The summed E-state index contributed by atoms with van der Waals surface area (Å²) in [6.45, 7) is 4.01. The van der Waals surface area contributed by atoms with Crippen LogP contribution in [0.3, 0.4) is 0 Å². The molecule has 0 saturated carbocycles. The van der Waals surface area contributed by atoms with Crippen molar-refractivity contribution in [1.82, 2.24) is 9.97 Å². The van der Waals surface area contributed by atoms with Crippen LogP contribution in [0.4, 0.5) is 15.9 Å². The molecule has 2 aromatic rings. The quantitative estimate of drug-likeness (QED) is 0.896. The lowest BCUT2D eigenvalue weighted by atomic mass is 10.1. The number of halogens is 1. The van der Waals surface area contributed by atoms with Crippen LogP contribution in [0.15, 0.2) is 30.6 Å². The Morgan fingerprint density at radius 2 is 2.05 bits per heavy atom. The summed E-state index contributed by atoms with van der Waals surface area (Å²) in [5.41, 5.74) is 0.937. The van der Waals surface area contributed by atoms with Crippen molar-refractivity contribution in [2.45, 2.75) is 19.8 Å². The third-order valence-electron chi connectivity index (χ3n) is 2.75. The van der Waals surface area contributed by atoms with Gasteiger partial charge in [-0.15, -0.1) is 0 Å². The van der Waals surface area contributed by atoms with Gasteiger partial charge in [0.1, 0.15) is 18.0 Å². The van der Waals surface area contributed by atoms with Crippen molar-refractivity contribution in [1.29, 1.82) is 0 Å². The number of aromatic nitrogens is 2. The molecular formula is C14H14FN3O2. The van der Waals surface area contributed by atoms with Gasteiger partial charge in [-0.2, -0.15) is 0 Å². The Morgan fingerprint density at radius 1 is 1.30 bits per heavy atom. The summed E-state index contributed by atoms with van der Waals surface area (Å²) >= 11 is 0. The van der Waals surface area contributed by atoms with Crippen LogP contribution in [-0.2, 0) is 0 Å². The SMILES string of the molecule is CC(C)c1cc(Nc2ccc(C(=O)O)c(F)c2)ncn1. The topological polar surface area (TPSA) is 75.1 Å². The molecule has 1 heterocycles. The normalized spacial score (nSPS) is 10.6. The summed E-state index contributed by atoms with van der Waals surface area (Å²) in [6.07, 6.45) is 1.43. The summed E-state index contributed by atoms with van der Waals surface area (Å²) in [5.74, 6) is -1.30. The fraction of sp³-hybridized carbons (Fsp3) is 0.214. The van der Waals surface area contributed by atoms with Gasteiger partial charge in [0.2, 0.25) is 0 Å². The third-order valence-corrected chi connectivity index (χ3v) is 2.75. The molecule has 0 saturated heterocycles. The summed E-state index contributed by atoms with van der Waals surface area (Å²) in [7, 11) is 0. The first kappa shape index (κ1) is 13.9. The van der Waals surface area contributed by atoms with E-state index in [1.54, 1.807) is 6.07 Å². The van der Waals surface area contributed by atoms with E-state index in [4.69, 9.17) is 5.11 Å². The van der Waals surface area contributed by atoms with E-state index < -0.39 is 11.8 Å². The number of nitrogens with one attached hydrogen (secondary N) is 1. The van der Waals surface area contributed by atoms with Gasteiger partial charge in [0.15, 0.2) is 0 Å². The van der Waals surface area contributed by atoms with Crippen LogP contribution in [0.5, 0.6) is 0 Å².